The van der Waals surface area contributed by atoms with Gasteiger partial charge in [0, 0.05) is 7.05 Å². The first kappa shape index (κ1) is 11.2. The molecule has 0 saturated carbocycles. The third-order valence-corrected chi connectivity index (χ3v) is 2.76. The van der Waals surface area contributed by atoms with Gasteiger partial charge in [-0.05, 0) is 5.21 Å². The number of halogens is 2. The molecule has 0 saturated heterocycles. The summed E-state index contributed by atoms with van der Waals surface area (Å²) in [7, 11) is 1.71. The maximum Gasteiger partial charge on any atom is 0.350 e. The third kappa shape index (κ3) is 1.57. The van der Waals surface area contributed by atoms with Crippen molar-refractivity contribution >= 4 is 0 Å². The summed E-state index contributed by atoms with van der Waals surface area (Å²) in [5, 5.41) is 20.8. The van der Waals surface area contributed by atoms with Crippen LogP contribution >= 0.6 is 0 Å². The molecule has 18 heavy (non-hydrogen) atoms. The summed E-state index contributed by atoms with van der Waals surface area (Å²) in [5.41, 5.74) is 1.49. The first-order valence-electron chi connectivity index (χ1n) is 5.12. The van der Waals surface area contributed by atoms with Crippen LogP contribution in [0.3, 0.4) is 0 Å². The Kier molecular flexibility index (Phi) is 2.35. The van der Waals surface area contributed by atoms with Gasteiger partial charge in [0.25, 0.3) is 0 Å². The Labute approximate surface area is 99.4 Å². The zero-order valence-electron chi connectivity index (χ0n) is 9.33. The lowest BCUT2D eigenvalue weighted by Gasteiger charge is -2.05. The first-order valence-corrected chi connectivity index (χ1v) is 5.12. The number of fused-ring (bicyclic) bond motifs is 1. The zero-order chi connectivity index (χ0) is 12.9. The lowest BCUT2D eigenvalue weighted by Crippen LogP contribution is -2.12. The fraction of sp³-hybridized carbons (Fsp3) is 0.500. The third-order valence-electron chi connectivity index (χ3n) is 2.76. The summed E-state index contributed by atoms with van der Waals surface area (Å²) >= 11 is 0. The molecule has 0 amide bonds. The van der Waals surface area contributed by atoms with Crippen molar-refractivity contribution in [1.82, 2.24) is 34.8 Å². The predicted molar refractivity (Wildman–Crippen MR) is 52.3 cm³/mol. The minimum atomic E-state index is -2.83. The number of nitrogens with zero attached hydrogens (tertiary/aromatic N) is 7. The molecular formula is C8H9F2N7O. The van der Waals surface area contributed by atoms with Crippen LogP contribution in [0, 0.1) is 0 Å². The molecule has 96 valence electrons. The first-order chi connectivity index (χ1) is 8.56. The normalized spacial score (nSPS) is 15.6. The zero-order valence-corrected chi connectivity index (χ0v) is 9.33. The molecule has 0 radical (unpaired) electrons. The van der Waals surface area contributed by atoms with Crippen molar-refractivity contribution in [3.8, 4) is 11.6 Å². The van der Waals surface area contributed by atoms with E-state index in [4.69, 9.17) is 0 Å². The minimum absolute atomic E-state index is 0.0386. The van der Waals surface area contributed by atoms with E-state index in [2.05, 4.69) is 20.4 Å². The van der Waals surface area contributed by atoms with Crippen LogP contribution in [0.25, 0.3) is 11.6 Å². The molecule has 8 nitrogen and oxygen atoms in total. The van der Waals surface area contributed by atoms with Crippen molar-refractivity contribution in [3.63, 3.8) is 0 Å². The van der Waals surface area contributed by atoms with E-state index in [1.165, 1.54) is 0 Å². The summed E-state index contributed by atoms with van der Waals surface area (Å²) < 4.78 is 26.3. The molecule has 0 bridgehead atoms. The largest absolute Gasteiger partial charge is 0.350 e. The molecule has 0 unspecified atom stereocenters. The molecule has 1 aliphatic heterocycles. The smallest absolute Gasteiger partial charge is 0.327 e. The van der Waals surface area contributed by atoms with E-state index in [1.54, 1.807) is 11.6 Å². The van der Waals surface area contributed by atoms with Gasteiger partial charge in [0.15, 0.2) is 5.82 Å². The Balaban J connectivity index is 2.00. The number of tetrazole rings is 1. The summed E-state index contributed by atoms with van der Waals surface area (Å²) in [6, 6.07) is 0. The average molecular weight is 257 g/mol. The van der Waals surface area contributed by atoms with Gasteiger partial charge in [-0.2, -0.15) is 13.8 Å². The van der Waals surface area contributed by atoms with Gasteiger partial charge in [0.2, 0.25) is 5.82 Å². The van der Waals surface area contributed by atoms with Crippen LogP contribution in [0.1, 0.15) is 17.9 Å². The van der Waals surface area contributed by atoms with E-state index in [0.717, 1.165) is 10.8 Å². The summed E-state index contributed by atoms with van der Waals surface area (Å²) in [5.74, 6) is 0.400. The highest BCUT2D eigenvalue weighted by Crippen LogP contribution is 2.25. The Bertz CT molecular complexity index is 592. The van der Waals surface area contributed by atoms with E-state index in [1.807, 2.05) is 0 Å². The Hall–Kier alpha value is -1.94. The van der Waals surface area contributed by atoms with E-state index >= 15 is 0 Å². The molecule has 3 heterocycles. The molecule has 0 aromatic carbocycles. The summed E-state index contributed by atoms with van der Waals surface area (Å²) in [4.78, 5) is 4.45. The molecule has 0 fully saturated rings. The number of imidazole rings is 1. The van der Waals surface area contributed by atoms with Crippen molar-refractivity contribution in [2.24, 2.45) is 7.05 Å². The number of hydrogen-bond acceptors (Lipinski definition) is 6. The van der Waals surface area contributed by atoms with Crippen LogP contribution in [0.5, 0.6) is 0 Å². The Morgan fingerprint density at radius 2 is 2.11 bits per heavy atom. The van der Waals surface area contributed by atoms with E-state index in [-0.39, 0.29) is 10.6 Å². The van der Waals surface area contributed by atoms with Gasteiger partial charge < -0.3 is 9.77 Å². The molecule has 2 aromatic rings. The summed E-state index contributed by atoms with van der Waals surface area (Å²) in [6.07, 6.45) is 0. The molecule has 0 spiro atoms. The number of aromatic nitrogens is 6. The lowest BCUT2D eigenvalue weighted by atomic mass is 10.4. The lowest BCUT2D eigenvalue weighted by molar-refractivity contribution is -0.0984. The van der Waals surface area contributed by atoms with Gasteiger partial charge >= 0.3 is 6.55 Å². The highest BCUT2D eigenvalue weighted by molar-refractivity contribution is 5.45. The highest BCUT2D eigenvalue weighted by atomic mass is 19.3. The predicted octanol–water partition coefficient (Wildman–Crippen LogP) is 0.173. The van der Waals surface area contributed by atoms with Gasteiger partial charge in [-0.3, -0.25) is 0 Å². The fourth-order valence-electron chi connectivity index (χ4n) is 1.91. The molecule has 1 aliphatic rings. The second-order valence-corrected chi connectivity index (χ2v) is 3.92. The highest BCUT2D eigenvalue weighted by Gasteiger charge is 2.27. The van der Waals surface area contributed by atoms with Gasteiger partial charge in [0.05, 0.1) is 24.5 Å². The quantitative estimate of drug-likeness (QED) is 0.825. The second kappa shape index (κ2) is 3.78. The van der Waals surface area contributed by atoms with Crippen LogP contribution in [0.15, 0.2) is 0 Å². The van der Waals surface area contributed by atoms with Crippen LogP contribution in [-0.2, 0) is 20.1 Å². The van der Waals surface area contributed by atoms with Crippen molar-refractivity contribution in [3.05, 3.63) is 11.4 Å². The van der Waals surface area contributed by atoms with E-state index in [9.17, 15) is 14.0 Å². The van der Waals surface area contributed by atoms with Crippen LogP contribution in [-0.4, -0.2) is 40.0 Å². The number of hydroxylamine groups is 2. The second-order valence-electron chi connectivity index (χ2n) is 3.92. The van der Waals surface area contributed by atoms with Gasteiger partial charge in [-0.1, -0.05) is 4.80 Å². The molecule has 0 atom stereocenters. The maximum atomic E-state index is 12.3. The standard InChI is InChI=1S/C8H9F2N7O/c1-15-5-3-16(18)2-4(5)11-7(15)6-12-14-17(13-6)8(9)10/h8,18H,2-3H2,1H3. The number of rotatable bonds is 2. The molecule has 10 heteroatoms. The van der Waals surface area contributed by atoms with Gasteiger partial charge in [-0.25, -0.2) is 4.98 Å². The van der Waals surface area contributed by atoms with E-state index in [0.29, 0.717) is 24.6 Å². The SMILES string of the molecule is Cn1c(-c2nnn(C(F)F)n2)nc2c1CN(O)C2. The molecule has 3 rings (SSSR count). The maximum absolute atomic E-state index is 12.3. The van der Waals surface area contributed by atoms with Gasteiger partial charge in [0.1, 0.15) is 0 Å². The van der Waals surface area contributed by atoms with Crippen molar-refractivity contribution in [2.75, 3.05) is 0 Å². The van der Waals surface area contributed by atoms with Crippen molar-refractivity contribution in [1.29, 1.82) is 0 Å². The number of hydrogen-bond donors (Lipinski definition) is 1. The summed E-state index contributed by atoms with van der Waals surface area (Å²) in [6.45, 7) is -2.19. The van der Waals surface area contributed by atoms with E-state index < -0.39 is 6.55 Å². The average Bonchev–Trinajstić information content (AvgIpc) is 2.95. The van der Waals surface area contributed by atoms with Gasteiger partial charge in [-0.15, -0.1) is 10.2 Å². The Morgan fingerprint density at radius 3 is 2.72 bits per heavy atom. The topological polar surface area (TPSA) is 84.9 Å². The van der Waals surface area contributed by atoms with Crippen molar-refractivity contribution in [2.45, 2.75) is 19.6 Å². The number of alkyl halides is 2. The van der Waals surface area contributed by atoms with Crippen LogP contribution in [0.4, 0.5) is 8.78 Å². The molecule has 2 aromatic heterocycles. The fourth-order valence-corrected chi connectivity index (χ4v) is 1.91. The van der Waals surface area contributed by atoms with Crippen LogP contribution < -0.4 is 0 Å². The van der Waals surface area contributed by atoms with Crippen LogP contribution in [0.2, 0.25) is 0 Å². The minimum Gasteiger partial charge on any atom is -0.327 e. The molecule has 0 aliphatic carbocycles. The Morgan fingerprint density at radius 1 is 1.33 bits per heavy atom. The monoisotopic (exact) mass is 257 g/mol. The van der Waals surface area contributed by atoms with Crippen molar-refractivity contribution < 1.29 is 14.0 Å². The molecule has 1 N–H and O–H groups in total. The molecular weight excluding hydrogens is 248 g/mol.